The van der Waals surface area contributed by atoms with E-state index in [0.29, 0.717) is 5.56 Å². The lowest BCUT2D eigenvalue weighted by molar-refractivity contribution is -0.328. The van der Waals surface area contributed by atoms with Gasteiger partial charge in [0.15, 0.2) is 24.1 Å². The Bertz CT molecular complexity index is 2010. The molecule has 0 saturated carbocycles. The number of aliphatic hydroxyl groups is 9. The zero-order chi connectivity index (χ0) is 49.1. The van der Waals surface area contributed by atoms with E-state index in [2.05, 4.69) is 0 Å². The van der Waals surface area contributed by atoms with Crippen molar-refractivity contribution in [1.82, 2.24) is 0 Å². The first-order chi connectivity index (χ1) is 32.0. The van der Waals surface area contributed by atoms with Gasteiger partial charge in [0.25, 0.3) is 0 Å². The Labute approximate surface area is 380 Å². The maximum atomic E-state index is 13.7. The van der Waals surface area contributed by atoms with Gasteiger partial charge in [0, 0.05) is 29.4 Å². The largest absolute Gasteiger partial charge is 0.504 e. The molecule has 4 aliphatic rings. The number of carbonyl (C=O) groups excluding carboxylic acids is 4. The van der Waals surface area contributed by atoms with Gasteiger partial charge >= 0.3 is 23.9 Å². The smallest absolute Gasteiger partial charge is 0.337 e. The van der Waals surface area contributed by atoms with Gasteiger partial charge in [-0.3, -0.25) is 9.59 Å². The third-order valence-electron chi connectivity index (χ3n) is 11.1. The summed E-state index contributed by atoms with van der Waals surface area (Å²) in [5, 5.41) is 111. The van der Waals surface area contributed by atoms with Crippen molar-refractivity contribution in [2.75, 3.05) is 47.3 Å². The Hall–Kier alpha value is -5.26. The van der Waals surface area contributed by atoms with Gasteiger partial charge in [-0.25, -0.2) is 9.59 Å². The van der Waals surface area contributed by atoms with E-state index in [1.165, 1.54) is 18.2 Å². The van der Waals surface area contributed by atoms with Crippen LogP contribution >= 0.6 is 0 Å². The standard InChI is InChI=1S/C42H54O25/c1-58-37(56)23-16-62-39(66-41-35(54)33(52)31(50)27(14-44)64-41)19(5-8-43)21(23)12-30(49)61-10-7-20-22(13-29(48)60-9-6-18-3-4-25(46)26(47)11-18)24(38(57)59-2)17-63-40(20)67-42-36(55)34(53)32(51)28(15-45)65-42/h3-5,7,11,16-17,21-22,27-28,31-36,39-47,50-55H,6,8-10,12-15H2,1-2H3/b19-5-,20-7+. The van der Waals surface area contributed by atoms with Crippen molar-refractivity contribution in [1.29, 1.82) is 0 Å². The second kappa shape index (κ2) is 24.2. The number of aliphatic hydroxyl groups excluding tert-OH is 9. The molecule has 5 rings (SSSR count). The molecular weight excluding hydrogens is 904 g/mol. The highest BCUT2D eigenvalue weighted by molar-refractivity contribution is 5.91. The van der Waals surface area contributed by atoms with E-state index >= 15 is 0 Å². The van der Waals surface area contributed by atoms with Crippen LogP contribution in [0, 0.1) is 11.8 Å². The van der Waals surface area contributed by atoms with Crippen molar-refractivity contribution >= 4 is 23.9 Å². The number of hydrogen-bond donors (Lipinski definition) is 11. The molecule has 0 bridgehead atoms. The Morgan fingerprint density at radius 2 is 1.10 bits per heavy atom. The number of ether oxygens (including phenoxy) is 10. The molecule has 14 unspecified atom stereocenters. The molecule has 2 saturated heterocycles. The fourth-order valence-electron chi connectivity index (χ4n) is 7.45. The molecule has 2 fully saturated rings. The molecule has 0 aromatic heterocycles. The Morgan fingerprint density at radius 3 is 1.55 bits per heavy atom. The monoisotopic (exact) mass is 958 g/mol. The first-order valence-electron chi connectivity index (χ1n) is 20.6. The summed E-state index contributed by atoms with van der Waals surface area (Å²) in [5.41, 5.74) is -0.282. The molecule has 0 spiro atoms. The summed E-state index contributed by atoms with van der Waals surface area (Å²) in [6.45, 7) is -3.26. The fourth-order valence-corrected chi connectivity index (χ4v) is 7.45. The van der Waals surface area contributed by atoms with Crippen molar-refractivity contribution in [3.8, 4) is 11.5 Å². The average molecular weight is 959 g/mol. The van der Waals surface area contributed by atoms with Gasteiger partial charge in [-0.15, -0.1) is 0 Å². The van der Waals surface area contributed by atoms with Crippen molar-refractivity contribution in [2.45, 2.75) is 93.3 Å². The highest BCUT2D eigenvalue weighted by Gasteiger charge is 2.49. The van der Waals surface area contributed by atoms with E-state index in [1.807, 2.05) is 0 Å². The number of phenols is 2. The van der Waals surface area contributed by atoms with Crippen molar-refractivity contribution in [2.24, 2.45) is 11.8 Å². The van der Waals surface area contributed by atoms with Gasteiger partial charge in [0.2, 0.25) is 12.6 Å². The molecule has 4 heterocycles. The van der Waals surface area contributed by atoms with Gasteiger partial charge in [0.05, 0.1) is 77.2 Å². The molecule has 11 N–H and O–H groups in total. The van der Waals surface area contributed by atoms with Gasteiger partial charge in [-0.1, -0.05) is 12.1 Å². The van der Waals surface area contributed by atoms with Crippen LogP contribution in [-0.4, -0.2) is 201 Å². The second-order valence-electron chi connectivity index (χ2n) is 15.3. The molecule has 1 aromatic carbocycles. The Morgan fingerprint density at radius 1 is 0.627 bits per heavy atom. The predicted octanol–water partition coefficient (Wildman–Crippen LogP) is -3.96. The first-order valence-corrected chi connectivity index (χ1v) is 20.6. The minimum Gasteiger partial charge on any atom is -0.504 e. The lowest BCUT2D eigenvalue weighted by Crippen LogP contribution is -2.60. The summed E-state index contributed by atoms with van der Waals surface area (Å²) >= 11 is 0. The van der Waals surface area contributed by atoms with Crippen LogP contribution < -0.4 is 0 Å². The van der Waals surface area contributed by atoms with E-state index in [4.69, 9.17) is 47.4 Å². The van der Waals surface area contributed by atoms with Crippen LogP contribution in [-0.2, 0) is 73.0 Å². The van der Waals surface area contributed by atoms with E-state index in [-0.39, 0.29) is 41.1 Å². The lowest BCUT2D eigenvalue weighted by Gasteiger charge is -2.42. The van der Waals surface area contributed by atoms with Crippen LogP contribution in [0.3, 0.4) is 0 Å². The highest BCUT2D eigenvalue weighted by Crippen LogP contribution is 2.38. The molecule has 372 valence electrons. The lowest BCUT2D eigenvalue weighted by atomic mass is 9.86. The number of methoxy groups -OCH3 is 2. The zero-order valence-electron chi connectivity index (χ0n) is 35.9. The molecular formula is C42H54O25. The Kier molecular flexibility index (Phi) is 19.0. The van der Waals surface area contributed by atoms with Crippen LogP contribution in [0.5, 0.6) is 11.5 Å². The maximum absolute atomic E-state index is 13.7. The molecule has 4 aliphatic heterocycles. The number of rotatable bonds is 18. The van der Waals surface area contributed by atoms with E-state index in [0.717, 1.165) is 38.9 Å². The topological polar surface area (TPSA) is 383 Å². The van der Waals surface area contributed by atoms with Gasteiger partial charge in [0.1, 0.15) is 55.4 Å². The van der Waals surface area contributed by atoms with E-state index < -0.39 is 155 Å². The molecule has 25 heteroatoms. The number of esters is 4. The molecule has 14 atom stereocenters. The predicted molar refractivity (Wildman–Crippen MR) is 215 cm³/mol. The quantitative estimate of drug-likeness (QED) is 0.0289. The Balaban J connectivity index is 1.40. The molecule has 1 aromatic rings. The highest BCUT2D eigenvalue weighted by atomic mass is 16.8. The van der Waals surface area contributed by atoms with Crippen LogP contribution in [0.25, 0.3) is 0 Å². The number of phenolic OH excluding ortho intramolecular Hbond substituents is 2. The van der Waals surface area contributed by atoms with Crippen molar-refractivity contribution in [3.63, 3.8) is 0 Å². The summed E-state index contributed by atoms with van der Waals surface area (Å²) in [6.07, 6.45) is -18.0. The normalized spacial score (nSPS) is 33.1. The van der Waals surface area contributed by atoms with Crippen LogP contribution in [0.4, 0.5) is 0 Å². The fraction of sp³-hybridized carbons (Fsp3) is 0.571. The van der Waals surface area contributed by atoms with Gasteiger partial charge in [-0.2, -0.15) is 0 Å². The molecule has 25 nitrogen and oxygen atoms in total. The van der Waals surface area contributed by atoms with E-state index in [9.17, 15) is 75.3 Å². The first kappa shape index (κ1) is 52.7. The van der Waals surface area contributed by atoms with Gasteiger partial charge in [-0.05, 0) is 23.8 Å². The summed E-state index contributed by atoms with van der Waals surface area (Å²) in [6, 6.07) is 3.98. The summed E-state index contributed by atoms with van der Waals surface area (Å²) in [5.74, 6) is -7.36. The third-order valence-corrected chi connectivity index (χ3v) is 11.1. The summed E-state index contributed by atoms with van der Waals surface area (Å²) < 4.78 is 54.4. The number of aromatic hydroxyl groups is 2. The van der Waals surface area contributed by atoms with Crippen molar-refractivity contribution < 1.29 is 123 Å². The second-order valence-corrected chi connectivity index (χ2v) is 15.3. The molecule has 67 heavy (non-hydrogen) atoms. The van der Waals surface area contributed by atoms with Crippen LogP contribution in [0.15, 0.2) is 65.2 Å². The molecule has 0 aliphatic carbocycles. The average Bonchev–Trinajstić information content (AvgIpc) is 3.31. The SMILES string of the molecule is COC(=O)C1=COC(OC2OC(CO)C(O)C(O)C2O)/C(=C\CO)C1CC(=O)OC/C=C1/C(OC2OC(CO)C(O)C(O)C2O)OC=C(C(=O)OC)C1CC(=O)OCCc1ccc(O)c(O)c1. The minimum atomic E-state index is -1.94. The number of benzene rings is 1. The number of carbonyl (C=O) groups is 4. The van der Waals surface area contributed by atoms with Crippen LogP contribution in [0.2, 0.25) is 0 Å². The molecule has 0 radical (unpaired) electrons. The van der Waals surface area contributed by atoms with Crippen molar-refractivity contribution in [3.05, 3.63) is 70.7 Å². The minimum absolute atomic E-state index is 0.0877. The number of hydrogen-bond acceptors (Lipinski definition) is 25. The molecule has 0 amide bonds. The maximum Gasteiger partial charge on any atom is 0.337 e. The third kappa shape index (κ3) is 12.6. The van der Waals surface area contributed by atoms with E-state index in [1.54, 1.807) is 0 Å². The zero-order valence-corrected chi connectivity index (χ0v) is 35.9. The van der Waals surface area contributed by atoms with Crippen LogP contribution in [0.1, 0.15) is 18.4 Å². The summed E-state index contributed by atoms with van der Waals surface area (Å²) in [7, 11) is 2.08. The summed E-state index contributed by atoms with van der Waals surface area (Å²) in [4.78, 5) is 53.1. The van der Waals surface area contributed by atoms with Gasteiger partial charge < -0.3 is 104 Å².